The molecule has 1 heterocycles. The molecule has 0 saturated heterocycles. The molecule has 3 rings (SSSR count). The molecule has 1 N–H and O–H groups in total. The number of aliphatic imine (C=N–C) groups is 1. The Morgan fingerprint density at radius 1 is 1.37 bits per heavy atom. The smallest absolute Gasteiger partial charge is 0.336 e. The standard InChI is InChI=1S/C25H32N2O3/c1-7-11-27-22-13-23(30-6)18(12-20(22)16(2)14-25(27,4)5)15-26-21-10-8-9-19(17(21)3)24(28)29/h8-10,12-13,15-16H,7,11,14H2,1-6H3,(H,28,29). The average Bonchev–Trinajstić information content (AvgIpc) is 2.69. The van der Waals surface area contributed by atoms with E-state index in [1.54, 1.807) is 32.4 Å². The Kier molecular flexibility index (Phi) is 6.20. The van der Waals surface area contributed by atoms with Crippen molar-refractivity contribution in [1.82, 2.24) is 0 Å². The fraction of sp³-hybridized carbons (Fsp3) is 0.440. The zero-order valence-corrected chi connectivity index (χ0v) is 18.8. The molecule has 1 aliphatic heterocycles. The van der Waals surface area contributed by atoms with Crippen molar-refractivity contribution in [1.29, 1.82) is 0 Å². The second-order valence-corrected chi connectivity index (χ2v) is 8.74. The molecule has 0 fully saturated rings. The number of nitrogens with zero attached hydrogens (tertiary/aromatic N) is 2. The molecule has 30 heavy (non-hydrogen) atoms. The summed E-state index contributed by atoms with van der Waals surface area (Å²) in [6.45, 7) is 11.9. The number of methoxy groups -OCH3 is 1. The lowest BCUT2D eigenvalue weighted by Gasteiger charge is -2.47. The van der Waals surface area contributed by atoms with Crippen LogP contribution in [-0.2, 0) is 0 Å². The van der Waals surface area contributed by atoms with Crippen molar-refractivity contribution in [3.05, 3.63) is 52.6 Å². The Bertz CT molecular complexity index is 979. The van der Waals surface area contributed by atoms with Gasteiger partial charge >= 0.3 is 5.97 Å². The van der Waals surface area contributed by atoms with Crippen molar-refractivity contribution in [3.8, 4) is 5.75 Å². The molecule has 0 aliphatic carbocycles. The van der Waals surface area contributed by atoms with Crippen LogP contribution in [0, 0.1) is 6.92 Å². The zero-order valence-electron chi connectivity index (χ0n) is 18.8. The van der Waals surface area contributed by atoms with Crippen LogP contribution in [0.3, 0.4) is 0 Å². The van der Waals surface area contributed by atoms with E-state index in [9.17, 15) is 9.90 Å². The minimum atomic E-state index is -0.941. The van der Waals surface area contributed by atoms with E-state index in [2.05, 4.69) is 49.7 Å². The van der Waals surface area contributed by atoms with Gasteiger partial charge < -0.3 is 14.7 Å². The number of hydrogen-bond donors (Lipinski definition) is 1. The number of ether oxygens (including phenoxy) is 1. The van der Waals surface area contributed by atoms with Gasteiger partial charge in [0.05, 0.1) is 18.4 Å². The molecule has 0 bridgehead atoms. The fourth-order valence-electron chi connectivity index (χ4n) is 4.59. The molecule has 160 valence electrons. The van der Waals surface area contributed by atoms with Crippen LogP contribution in [0.2, 0.25) is 0 Å². The lowest BCUT2D eigenvalue weighted by atomic mass is 9.79. The maximum Gasteiger partial charge on any atom is 0.336 e. The topological polar surface area (TPSA) is 62.1 Å². The highest BCUT2D eigenvalue weighted by atomic mass is 16.5. The highest BCUT2D eigenvalue weighted by molar-refractivity contribution is 5.92. The van der Waals surface area contributed by atoms with E-state index in [1.807, 2.05) is 6.07 Å². The van der Waals surface area contributed by atoms with Crippen LogP contribution >= 0.6 is 0 Å². The molecule has 0 radical (unpaired) electrons. The average molecular weight is 409 g/mol. The van der Waals surface area contributed by atoms with Gasteiger partial charge in [-0.3, -0.25) is 4.99 Å². The normalized spacial score (nSPS) is 17.8. The second kappa shape index (κ2) is 8.50. The summed E-state index contributed by atoms with van der Waals surface area (Å²) in [5, 5.41) is 9.35. The monoisotopic (exact) mass is 408 g/mol. The van der Waals surface area contributed by atoms with Gasteiger partial charge in [0.2, 0.25) is 0 Å². The van der Waals surface area contributed by atoms with Gasteiger partial charge in [-0.15, -0.1) is 0 Å². The molecule has 2 aromatic carbocycles. The first-order chi connectivity index (χ1) is 14.2. The van der Waals surface area contributed by atoms with Crippen molar-refractivity contribution in [2.75, 3.05) is 18.6 Å². The maximum atomic E-state index is 11.4. The highest BCUT2D eigenvalue weighted by Gasteiger charge is 2.36. The molecule has 5 nitrogen and oxygen atoms in total. The molecule has 1 aliphatic rings. The van der Waals surface area contributed by atoms with Gasteiger partial charge in [0, 0.05) is 35.6 Å². The summed E-state index contributed by atoms with van der Waals surface area (Å²) in [6, 6.07) is 9.46. The number of anilines is 1. The largest absolute Gasteiger partial charge is 0.496 e. The first-order valence-corrected chi connectivity index (χ1v) is 10.6. The lowest BCUT2D eigenvalue weighted by Crippen LogP contribution is -2.48. The summed E-state index contributed by atoms with van der Waals surface area (Å²) in [7, 11) is 1.68. The van der Waals surface area contributed by atoms with Crippen molar-refractivity contribution in [2.45, 2.75) is 58.9 Å². The zero-order chi connectivity index (χ0) is 22.1. The predicted octanol–water partition coefficient (Wildman–Crippen LogP) is 5.95. The lowest BCUT2D eigenvalue weighted by molar-refractivity contribution is 0.0696. The van der Waals surface area contributed by atoms with Gasteiger partial charge in [0.15, 0.2) is 0 Å². The first-order valence-electron chi connectivity index (χ1n) is 10.6. The summed E-state index contributed by atoms with van der Waals surface area (Å²) in [4.78, 5) is 18.5. The SMILES string of the molecule is CCCN1c2cc(OC)c(C=Nc3cccc(C(=O)O)c3C)cc2C(C)CC1(C)C. The Hall–Kier alpha value is -2.82. The number of benzene rings is 2. The third kappa shape index (κ3) is 4.07. The number of carbonyl (C=O) groups is 1. The number of carboxylic acid groups (broad SMARTS) is 1. The van der Waals surface area contributed by atoms with E-state index in [4.69, 9.17) is 4.74 Å². The Morgan fingerprint density at radius 3 is 2.73 bits per heavy atom. The quantitative estimate of drug-likeness (QED) is 0.600. The second-order valence-electron chi connectivity index (χ2n) is 8.74. The van der Waals surface area contributed by atoms with Crippen LogP contribution < -0.4 is 9.64 Å². The van der Waals surface area contributed by atoms with Crippen LogP contribution in [0.15, 0.2) is 35.3 Å². The number of carboxylic acids is 1. The number of rotatable bonds is 6. The Labute approximate surface area is 179 Å². The number of hydrogen-bond acceptors (Lipinski definition) is 4. The number of aromatic carboxylic acids is 1. The minimum absolute atomic E-state index is 0.0947. The van der Waals surface area contributed by atoms with Crippen LogP contribution in [0.25, 0.3) is 0 Å². The fourth-order valence-corrected chi connectivity index (χ4v) is 4.59. The third-order valence-corrected chi connectivity index (χ3v) is 6.06. The number of fused-ring (bicyclic) bond motifs is 1. The molecule has 5 heteroatoms. The van der Waals surface area contributed by atoms with Gasteiger partial charge in [0.25, 0.3) is 0 Å². The third-order valence-electron chi connectivity index (χ3n) is 6.06. The van der Waals surface area contributed by atoms with E-state index in [1.165, 1.54) is 11.3 Å². The summed E-state index contributed by atoms with van der Waals surface area (Å²) in [5.74, 6) is 0.261. The Balaban J connectivity index is 2.06. The first kappa shape index (κ1) is 21.9. The predicted molar refractivity (Wildman–Crippen MR) is 123 cm³/mol. The summed E-state index contributed by atoms with van der Waals surface area (Å²) < 4.78 is 5.71. The van der Waals surface area contributed by atoms with Crippen molar-refractivity contribution in [2.24, 2.45) is 4.99 Å². The van der Waals surface area contributed by atoms with Crippen LogP contribution in [-0.4, -0.2) is 36.5 Å². The van der Waals surface area contributed by atoms with E-state index in [0.717, 1.165) is 30.7 Å². The molecule has 0 spiro atoms. The summed E-state index contributed by atoms with van der Waals surface area (Å²) in [6.07, 6.45) is 3.95. The summed E-state index contributed by atoms with van der Waals surface area (Å²) >= 11 is 0. The van der Waals surface area contributed by atoms with Crippen molar-refractivity contribution >= 4 is 23.6 Å². The van der Waals surface area contributed by atoms with E-state index in [-0.39, 0.29) is 11.1 Å². The summed E-state index contributed by atoms with van der Waals surface area (Å²) in [5.41, 5.74) is 5.11. The van der Waals surface area contributed by atoms with Crippen LogP contribution in [0.4, 0.5) is 11.4 Å². The molecule has 0 saturated carbocycles. The van der Waals surface area contributed by atoms with Crippen molar-refractivity contribution in [3.63, 3.8) is 0 Å². The van der Waals surface area contributed by atoms with E-state index < -0.39 is 5.97 Å². The molecule has 1 unspecified atom stereocenters. The Morgan fingerprint density at radius 2 is 2.10 bits per heavy atom. The van der Waals surface area contributed by atoms with Gasteiger partial charge in [-0.2, -0.15) is 0 Å². The molecule has 0 amide bonds. The van der Waals surface area contributed by atoms with E-state index >= 15 is 0 Å². The molecular formula is C25H32N2O3. The van der Waals surface area contributed by atoms with E-state index in [0.29, 0.717) is 17.2 Å². The molecular weight excluding hydrogens is 376 g/mol. The molecule has 2 aromatic rings. The molecule has 1 atom stereocenters. The van der Waals surface area contributed by atoms with Crippen LogP contribution in [0.5, 0.6) is 5.75 Å². The van der Waals surface area contributed by atoms with Gasteiger partial charge in [-0.05, 0) is 68.9 Å². The minimum Gasteiger partial charge on any atom is -0.496 e. The molecule has 0 aromatic heterocycles. The maximum absolute atomic E-state index is 11.4. The van der Waals surface area contributed by atoms with Gasteiger partial charge in [0.1, 0.15) is 5.75 Å². The highest BCUT2D eigenvalue weighted by Crippen LogP contribution is 2.45. The van der Waals surface area contributed by atoms with Crippen LogP contribution in [0.1, 0.15) is 73.5 Å². The van der Waals surface area contributed by atoms with Gasteiger partial charge in [-0.25, -0.2) is 4.79 Å². The van der Waals surface area contributed by atoms with Gasteiger partial charge in [-0.1, -0.05) is 19.9 Å². The van der Waals surface area contributed by atoms with Crippen molar-refractivity contribution < 1.29 is 14.6 Å².